The Morgan fingerprint density at radius 1 is 1.04 bits per heavy atom. The van der Waals surface area contributed by atoms with Crippen molar-refractivity contribution in [2.45, 2.75) is 51.5 Å². The zero-order chi connectivity index (χ0) is 19.8. The fourth-order valence-electron chi connectivity index (χ4n) is 3.21. The number of aryl methyl sites for hydroxylation is 1. The molecule has 146 valence electrons. The van der Waals surface area contributed by atoms with Gasteiger partial charge in [0.15, 0.2) is 5.58 Å². The van der Waals surface area contributed by atoms with Gasteiger partial charge < -0.3 is 9.73 Å². The molecule has 5 nitrogen and oxygen atoms in total. The normalized spacial score (nSPS) is 12.0. The Morgan fingerprint density at radius 2 is 1.79 bits per heavy atom. The van der Waals surface area contributed by atoms with E-state index >= 15 is 0 Å². The van der Waals surface area contributed by atoms with Crippen LogP contribution in [0.3, 0.4) is 0 Å². The first-order valence-electron chi connectivity index (χ1n) is 9.90. The molecule has 0 saturated carbocycles. The maximum Gasteiger partial charge on any atom is 0.266 e. The number of nitrogens with zero attached hydrogens (tertiary/aromatic N) is 1. The zero-order valence-corrected chi connectivity index (χ0v) is 16.2. The molecule has 0 unspecified atom stereocenters. The molecule has 0 aliphatic carbocycles. The largest absolute Gasteiger partial charge is 0.434 e. The number of unbranched alkanes of at least 4 members (excludes halogenated alkanes) is 1. The Labute approximate surface area is 165 Å². The van der Waals surface area contributed by atoms with Crippen molar-refractivity contribution < 1.29 is 14.0 Å². The van der Waals surface area contributed by atoms with Crippen molar-refractivity contribution >= 4 is 22.8 Å². The minimum absolute atomic E-state index is 0.0593. The molecule has 28 heavy (non-hydrogen) atoms. The van der Waals surface area contributed by atoms with Gasteiger partial charge in [0.2, 0.25) is 11.7 Å². The van der Waals surface area contributed by atoms with Crippen molar-refractivity contribution in [3.8, 4) is 0 Å². The lowest BCUT2D eigenvalue weighted by Gasteiger charge is -2.15. The molecule has 3 rings (SSSR count). The lowest BCUT2D eigenvalue weighted by molar-refractivity contribution is -0.121. The molecule has 1 heterocycles. The van der Waals surface area contributed by atoms with Crippen LogP contribution < -0.4 is 5.32 Å². The van der Waals surface area contributed by atoms with Crippen LogP contribution in [0.4, 0.5) is 0 Å². The number of carbonyl (C=O) groups is 2. The maximum absolute atomic E-state index is 12.8. The molecule has 0 radical (unpaired) electrons. The number of aromatic nitrogens is 1. The van der Waals surface area contributed by atoms with E-state index in [9.17, 15) is 9.59 Å². The second kappa shape index (κ2) is 9.83. The fraction of sp³-hybridized carbons (Fsp3) is 0.348. The van der Waals surface area contributed by atoms with Gasteiger partial charge in [-0.1, -0.05) is 55.8 Å². The zero-order valence-electron chi connectivity index (χ0n) is 16.2. The first kappa shape index (κ1) is 19.8. The van der Waals surface area contributed by atoms with Crippen molar-refractivity contribution in [3.05, 3.63) is 66.1 Å². The summed E-state index contributed by atoms with van der Waals surface area (Å²) in [6.07, 6.45) is 4.44. The van der Waals surface area contributed by atoms with E-state index in [1.807, 2.05) is 37.3 Å². The number of rotatable bonds is 10. The summed E-state index contributed by atoms with van der Waals surface area (Å²) in [5.74, 6) is -0.310. The second-order valence-corrected chi connectivity index (χ2v) is 6.95. The Balaban J connectivity index is 1.52. The number of amides is 1. The topological polar surface area (TPSA) is 72.2 Å². The predicted molar refractivity (Wildman–Crippen MR) is 109 cm³/mol. The van der Waals surface area contributed by atoms with E-state index in [4.69, 9.17) is 4.42 Å². The van der Waals surface area contributed by atoms with Gasteiger partial charge in [-0.25, -0.2) is 4.98 Å². The van der Waals surface area contributed by atoms with E-state index in [1.54, 1.807) is 12.1 Å². The third-order valence-electron chi connectivity index (χ3n) is 4.70. The molecule has 1 atom stereocenters. The lowest BCUT2D eigenvalue weighted by atomic mass is 10.1. The minimum atomic E-state index is -0.598. The molecule has 3 aromatic rings. The first-order chi connectivity index (χ1) is 13.7. The first-order valence-corrected chi connectivity index (χ1v) is 9.90. The van der Waals surface area contributed by atoms with Gasteiger partial charge in [-0.3, -0.25) is 9.59 Å². The van der Waals surface area contributed by atoms with Gasteiger partial charge in [-0.05, 0) is 43.4 Å². The van der Waals surface area contributed by atoms with Crippen molar-refractivity contribution in [2.24, 2.45) is 0 Å². The monoisotopic (exact) mass is 378 g/mol. The summed E-state index contributed by atoms with van der Waals surface area (Å²) in [6.45, 7) is 1.98. The van der Waals surface area contributed by atoms with E-state index in [-0.39, 0.29) is 17.6 Å². The summed E-state index contributed by atoms with van der Waals surface area (Å²) in [5.41, 5.74) is 2.50. The Kier molecular flexibility index (Phi) is 6.95. The number of hydrogen-bond donors (Lipinski definition) is 1. The van der Waals surface area contributed by atoms with Crippen molar-refractivity contribution in [1.82, 2.24) is 10.3 Å². The van der Waals surface area contributed by atoms with Gasteiger partial charge in [0.25, 0.3) is 5.89 Å². The number of carbonyl (C=O) groups excluding carboxylic acids is 2. The quantitative estimate of drug-likeness (QED) is 0.410. The van der Waals surface area contributed by atoms with Crippen molar-refractivity contribution in [2.75, 3.05) is 0 Å². The number of benzene rings is 2. The average Bonchev–Trinajstić information content (AvgIpc) is 3.15. The summed E-state index contributed by atoms with van der Waals surface area (Å²) in [6, 6.07) is 16.9. The van der Waals surface area contributed by atoms with Crippen LogP contribution in [0, 0.1) is 0 Å². The third-order valence-corrected chi connectivity index (χ3v) is 4.70. The summed E-state index contributed by atoms with van der Waals surface area (Å²) in [5, 5.41) is 2.87. The number of Topliss-reactive ketones (excluding diaryl/α,β-unsaturated/α-hetero) is 1. The molecule has 5 heteroatoms. The Morgan fingerprint density at radius 3 is 2.54 bits per heavy atom. The number of oxazole rings is 1. The molecule has 1 amide bonds. The van der Waals surface area contributed by atoms with Crippen LogP contribution in [0.15, 0.2) is 59.0 Å². The molecule has 0 aliphatic rings. The molecular formula is C23H26N2O3. The maximum atomic E-state index is 12.8. The SMILES string of the molecule is CCC[C@H](NC(=O)CCCCc1ccccc1)C(=O)c1nc2ccccc2o1. The van der Waals surface area contributed by atoms with Gasteiger partial charge in [-0.15, -0.1) is 0 Å². The molecular weight excluding hydrogens is 352 g/mol. The van der Waals surface area contributed by atoms with Crippen LogP contribution in [-0.4, -0.2) is 22.7 Å². The average molecular weight is 378 g/mol. The minimum Gasteiger partial charge on any atom is -0.434 e. The summed E-state index contributed by atoms with van der Waals surface area (Å²) in [7, 11) is 0. The van der Waals surface area contributed by atoms with E-state index in [0.717, 1.165) is 25.7 Å². The van der Waals surface area contributed by atoms with Crippen LogP contribution in [-0.2, 0) is 11.2 Å². The fourth-order valence-corrected chi connectivity index (χ4v) is 3.21. The molecule has 2 aromatic carbocycles. The third kappa shape index (κ3) is 5.28. The Bertz CT molecular complexity index is 885. The number of nitrogens with one attached hydrogen (secondary N) is 1. The lowest BCUT2D eigenvalue weighted by Crippen LogP contribution is -2.40. The smallest absolute Gasteiger partial charge is 0.266 e. The molecule has 0 spiro atoms. The van der Waals surface area contributed by atoms with Crippen LogP contribution in [0.2, 0.25) is 0 Å². The molecule has 0 saturated heterocycles. The standard InChI is InChI=1S/C23H26N2O3/c1-2-10-19(22(27)23-25-18-14-7-8-15-20(18)28-23)24-21(26)16-9-6-13-17-11-4-3-5-12-17/h3-5,7-8,11-12,14-15,19H,2,6,9-10,13,16H2,1H3,(H,24,26)/t19-/m0/s1. The highest BCUT2D eigenvalue weighted by Gasteiger charge is 2.25. The van der Waals surface area contributed by atoms with E-state index in [0.29, 0.717) is 23.9 Å². The summed E-state index contributed by atoms with van der Waals surface area (Å²) in [4.78, 5) is 29.4. The molecule has 0 bridgehead atoms. The Hall–Kier alpha value is -2.95. The number of fused-ring (bicyclic) bond motifs is 1. The van der Waals surface area contributed by atoms with Gasteiger partial charge in [0, 0.05) is 6.42 Å². The van der Waals surface area contributed by atoms with Crippen LogP contribution in [0.5, 0.6) is 0 Å². The van der Waals surface area contributed by atoms with Gasteiger partial charge >= 0.3 is 0 Å². The van der Waals surface area contributed by atoms with Gasteiger partial charge in [0.05, 0.1) is 6.04 Å². The molecule has 0 aliphatic heterocycles. The molecule has 1 aromatic heterocycles. The summed E-state index contributed by atoms with van der Waals surface area (Å²) >= 11 is 0. The van der Waals surface area contributed by atoms with E-state index < -0.39 is 6.04 Å². The molecule has 1 N–H and O–H groups in total. The summed E-state index contributed by atoms with van der Waals surface area (Å²) < 4.78 is 5.57. The van der Waals surface area contributed by atoms with Gasteiger partial charge in [0.1, 0.15) is 5.52 Å². The van der Waals surface area contributed by atoms with Crippen LogP contribution in [0.25, 0.3) is 11.1 Å². The van der Waals surface area contributed by atoms with Crippen molar-refractivity contribution in [3.63, 3.8) is 0 Å². The highest BCUT2D eigenvalue weighted by Crippen LogP contribution is 2.17. The highest BCUT2D eigenvalue weighted by atomic mass is 16.4. The van der Waals surface area contributed by atoms with E-state index in [1.165, 1.54) is 5.56 Å². The molecule has 0 fully saturated rings. The second-order valence-electron chi connectivity index (χ2n) is 6.95. The van der Waals surface area contributed by atoms with Crippen LogP contribution >= 0.6 is 0 Å². The van der Waals surface area contributed by atoms with Crippen molar-refractivity contribution in [1.29, 1.82) is 0 Å². The van der Waals surface area contributed by atoms with Gasteiger partial charge in [-0.2, -0.15) is 0 Å². The highest BCUT2D eigenvalue weighted by molar-refractivity contribution is 6.00. The van der Waals surface area contributed by atoms with E-state index in [2.05, 4.69) is 22.4 Å². The number of ketones is 1. The predicted octanol–water partition coefficient (Wildman–Crippen LogP) is 4.71. The number of para-hydroxylation sites is 2. The number of hydrogen-bond acceptors (Lipinski definition) is 4. The van der Waals surface area contributed by atoms with Crippen LogP contribution in [0.1, 0.15) is 55.3 Å².